The molecule has 2 aliphatic carbocycles. The molecular formula is C18H16O. The molecule has 2 aromatic carbocycles. The van der Waals surface area contributed by atoms with Gasteiger partial charge in [0, 0.05) is 23.7 Å². The molecular weight excluding hydrogens is 232 g/mol. The molecule has 0 bridgehead atoms. The van der Waals surface area contributed by atoms with E-state index in [9.17, 15) is 4.79 Å². The van der Waals surface area contributed by atoms with Gasteiger partial charge in [-0.2, -0.15) is 0 Å². The van der Waals surface area contributed by atoms with Gasteiger partial charge >= 0.3 is 0 Å². The molecule has 0 radical (unpaired) electrons. The quantitative estimate of drug-likeness (QED) is 0.792. The third kappa shape index (κ3) is 1.39. The zero-order chi connectivity index (χ0) is 12.9. The number of carbonyl (C=O) groups is 1. The highest BCUT2D eigenvalue weighted by atomic mass is 16.1. The van der Waals surface area contributed by atoms with Crippen LogP contribution in [-0.4, -0.2) is 5.78 Å². The molecule has 0 N–H and O–H groups in total. The summed E-state index contributed by atoms with van der Waals surface area (Å²) >= 11 is 0. The smallest absolute Gasteiger partial charge is 0.137 e. The van der Waals surface area contributed by atoms with Gasteiger partial charge in [0.25, 0.3) is 0 Å². The Labute approximate surface area is 113 Å². The second kappa shape index (κ2) is 3.80. The number of benzene rings is 2. The van der Waals surface area contributed by atoms with Crippen LogP contribution in [0.4, 0.5) is 0 Å². The van der Waals surface area contributed by atoms with Crippen LogP contribution in [0.25, 0.3) is 0 Å². The molecule has 2 aromatic rings. The molecule has 1 unspecified atom stereocenters. The molecule has 0 heterocycles. The van der Waals surface area contributed by atoms with Crippen LogP contribution in [0.2, 0.25) is 0 Å². The highest BCUT2D eigenvalue weighted by Crippen LogP contribution is 2.72. The number of ketones is 1. The third-order valence-electron chi connectivity index (χ3n) is 4.94. The molecule has 4 rings (SSSR count). The molecule has 0 saturated heterocycles. The topological polar surface area (TPSA) is 17.1 Å². The van der Waals surface area contributed by atoms with E-state index in [1.54, 1.807) is 0 Å². The van der Waals surface area contributed by atoms with Gasteiger partial charge in [-0.3, -0.25) is 4.79 Å². The van der Waals surface area contributed by atoms with Gasteiger partial charge in [0.2, 0.25) is 0 Å². The van der Waals surface area contributed by atoms with Crippen molar-refractivity contribution in [3.05, 3.63) is 71.8 Å². The summed E-state index contributed by atoms with van der Waals surface area (Å²) in [5.41, 5.74) is 2.77. The molecule has 3 atom stereocenters. The predicted octanol–water partition coefficient (Wildman–Crippen LogP) is 3.70. The zero-order valence-corrected chi connectivity index (χ0v) is 10.8. The van der Waals surface area contributed by atoms with Crippen LogP contribution in [-0.2, 0) is 10.2 Å². The van der Waals surface area contributed by atoms with Gasteiger partial charge in [0.05, 0.1) is 0 Å². The van der Waals surface area contributed by atoms with E-state index >= 15 is 0 Å². The van der Waals surface area contributed by atoms with Gasteiger partial charge in [-0.05, 0) is 17.5 Å². The first-order valence-corrected chi connectivity index (χ1v) is 6.97. The van der Waals surface area contributed by atoms with E-state index in [1.807, 2.05) is 12.1 Å². The molecule has 0 aliphatic heterocycles. The summed E-state index contributed by atoms with van der Waals surface area (Å²) in [7, 11) is 0. The Hall–Kier alpha value is -1.89. The van der Waals surface area contributed by atoms with Gasteiger partial charge < -0.3 is 0 Å². The Morgan fingerprint density at radius 2 is 1.47 bits per heavy atom. The van der Waals surface area contributed by atoms with Crippen LogP contribution in [0.5, 0.6) is 0 Å². The Morgan fingerprint density at radius 3 is 2.16 bits per heavy atom. The molecule has 1 nitrogen and oxygen atoms in total. The highest BCUT2D eigenvalue weighted by molar-refractivity contribution is 5.92. The van der Waals surface area contributed by atoms with Crippen LogP contribution in [0.15, 0.2) is 60.7 Å². The minimum atomic E-state index is 0.0969. The molecule has 94 valence electrons. The lowest BCUT2D eigenvalue weighted by molar-refractivity contribution is -0.119. The minimum Gasteiger partial charge on any atom is -0.299 e. The maximum absolute atomic E-state index is 12.2. The standard InChI is InChI=1S/C18H16O/c19-15-11-12-18(14-9-5-2-6-10-14)16(17(15)18)13-7-3-1-4-8-13/h1-10,16-17H,11-12H2/t16-,17?,18+/m0/s1. The van der Waals surface area contributed by atoms with Crippen molar-refractivity contribution in [2.75, 3.05) is 0 Å². The van der Waals surface area contributed by atoms with Crippen molar-refractivity contribution >= 4 is 5.78 Å². The molecule has 0 amide bonds. The normalized spacial score (nSPS) is 32.1. The summed E-state index contributed by atoms with van der Waals surface area (Å²) in [4.78, 5) is 12.2. The average molecular weight is 248 g/mol. The van der Waals surface area contributed by atoms with E-state index in [-0.39, 0.29) is 11.3 Å². The zero-order valence-electron chi connectivity index (χ0n) is 10.8. The lowest BCUT2D eigenvalue weighted by Gasteiger charge is -2.15. The van der Waals surface area contributed by atoms with E-state index < -0.39 is 0 Å². The molecule has 2 aliphatic rings. The molecule has 19 heavy (non-hydrogen) atoms. The van der Waals surface area contributed by atoms with Crippen molar-refractivity contribution in [2.24, 2.45) is 5.92 Å². The van der Waals surface area contributed by atoms with Crippen LogP contribution in [0.1, 0.15) is 29.9 Å². The Morgan fingerprint density at radius 1 is 0.842 bits per heavy atom. The Balaban J connectivity index is 1.81. The highest BCUT2D eigenvalue weighted by Gasteiger charge is 2.71. The van der Waals surface area contributed by atoms with Crippen molar-refractivity contribution in [1.82, 2.24) is 0 Å². The molecule has 2 fully saturated rings. The maximum atomic E-state index is 12.2. The lowest BCUT2D eigenvalue weighted by atomic mass is 9.88. The van der Waals surface area contributed by atoms with Gasteiger partial charge in [0.15, 0.2) is 0 Å². The monoisotopic (exact) mass is 248 g/mol. The first kappa shape index (κ1) is 11.0. The minimum absolute atomic E-state index is 0.0969. The molecule has 1 heteroatoms. The van der Waals surface area contributed by atoms with E-state index in [2.05, 4.69) is 48.5 Å². The number of Topliss-reactive ketones (excluding diaryl/α,β-unsaturated/α-hetero) is 1. The third-order valence-corrected chi connectivity index (χ3v) is 4.94. The fourth-order valence-electron chi connectivity index (χ4n) is 4.11. The number of fused-ring (bicyclic) bond motifs is 1. The second-order valence-corrected chi connectivity index (χ2v) is 5.74. The molecule has 0 aromatic heterocycles. The summed E-state index contributed by atoms with van der Waals surface area (Å²) in [5.74, 6) is 1.08. The number of hydrogen-bond donors (Lipinski definition) is 0. The summed E-state index contributed by atoms with van der Waals surface area (Å²) in [6.45, 7) is 0. The predicted molar refractivity (Wildman–Crippen MR) is 75.0 cm³/mol. The van der Waals surface area contributed by atoms with E-state index in [0.717, 1.165) is 12.8 Å². The maximum Gasteiger partial charge on any atom is 0.137 e. The van der Waals surface area contributed by atoms with E-state index in [1.165, 1.54) is 11.1 Å². The fraction of sp³-hybridized carbons (Fsp3) is 0.278. The number of rotatable bonds is 2. The van der Waals surface area contributed by atoms with Crippen molar-refractivity contribution in [2.45, 2.75) is 24.2 Å². The summed E-state index contributed by atoms with van der Waals surface area (Å²) < 4.78 is 0. The van der Waals surface area contributed by atoms with E-state index in [0.29, 0.717) is 11.7 Å². The Bertz CT molecular complexity index is 617. The second-order valence-electron chi connectivity index (χ2n) is 5.74. The van der Waals surface area contributed by atoms with Gasteiger partial charge in [-0.15, -0.1) is 0 Å². The van der Waals surface area contributed by atoms with Crippen LogP contribution >= 0.6 is 0 Å². The van der Waals surface area contributed by atoms with Gasteiger partial charge in [-0.1, -0.05) is 60.7 Å². The number of carbonyl (C=O) groups excluding carboxylic acids is 1. The largest absolute Gasteiger partial charge is 0.299 e. The number of hydrogen-bond acceptors (Lipinski definition) is 1. The first-order chi connectivity index (χ1) is 9.34. The van der Waals surface area contributed by atoms with Gasteiger partial charge in [-0.25, -0.2) is 0 Å². The molecule has 0 spiro atoms. The van der Waals surface area contributed by atoms with Crippen molar-refractivity contribution in [3.63, 3.8) is 0 Å². The summed E-state index contributed by atoms with van der Waals surface area (Å²) in [6, 6.07) is 21.1. The first-order valence-electron chi connectivity index (χ1n) is 6.97. The van der Waals surface area contributed by atoms with Crippen molar-refractivity contribution in [1.29, 1.82) is 0 Å². The molecule has 2 saturated carbocycles. The lowest BCUT2D eigenvalue weighted by Crippen LogP contribution is -2.08. The van der Waals surface area contributed by atoms with Crippen molar-refractivity contribution < 1.29 is 4.79 Å². The summed E-state index contributed by atoms with van der Waals surface area (Å²) in [5, 5.41) is 0. The van der Waals surface area contributed by atoms with Crippen LogP contribution in [0.3, 0.4) is 0 Å². The van der Waals surface area contributed by atoms with Crippen LogP contribution in [0, 0.1) is 5.92 Å². The SMILES string of the molecule is O=C1CC[C@]2(c3ccccc3)C1[C@@H]2c1ccccc1. The average Bonchev–Trinajstić information content (AvgIpc) is 3.06. The van der Waals surface area contributed by atoms with Gasteiger partial charge in [0.1, 0.15) is 5.78 Å². The van der Waals surface area contributed by atoms with E-state index in [4.69, 9.17) is 0 Å². The van der Waals surface area contributed by atoms with Crippen molar-refractivity contribution in [3.8, 4) is 0 Å². The Kier molecular flexibility index (Phi) is 2.20. The fourth-order valence-corrected chi connectivity index (χ4v) is 4.11. The summed E-state index contributed by atoms with van der Waals surface area (Å²) in [6.07, 6.45) is 1.77. The van der Waals surface area contributed by atoms with Crippen LogP contribution < -0.4 is 0 Å².